The number of hydrogen-bond donors (Lipinski definition) is 1. The van der Waals surface area contributed by atoms with E-state index < -0.39 is 0 Å². The molecule has 0 fully saturated rings. The van der Waals surface area contributed by atoms with Crippen LogP contribution in [0.5, 0.6) is 0 Å². The molecule has 0 atom stereocenters. The van der Waals surface area contributed by atoms with E-state index >= 15 is 0 Å². The number of benzene rings is 1. The minimum absolute atomic E-state index is 0.610. The molecule has 0 aliphatic heterocycles. The van der Waals surface area contributed by atoms with Crippen LogP contribution < -0.4 is 5.32 Å². The summed E-state index contributed by atoms with van der Waals surface area (Å²) in [7, 11) is 0. The molecule has 90 valence electrons. The highest BCUT2D eigenvalue weighted by Gasteiger charge is 1.97. The van der Waals surface area contributed by atoms with E-state index in [9.17, 15) is 0 Å². The molecule has 0 radical (unpaired) electrons. The average molecular weight is 258 g/mol. The van der Waals surface area contributed by atoms with E-state index in [0.29, 0.717) is 5.56 Å². The van der Waals surface area contributed by atoms with E-state index in [0.717, 1.165) is 23.8 Å². The molecule has 4 heteroatoms. The average Bonchev–Trinajstić information content (AvgIpc) is 2.41. The van der Waals surface area contributed by atoms with Crippen LogP contribution >= 0.6 is 11.6 Å². The second-order valence-electron chi connectivity index (χ2n) is 3.84. The Morgan fingerprint density at radius 3 is 2.72 bits per heavy atom. The Morgan fingerprint density at radius 1 is 1.22 bits per heavy atom. The Balaban J connectivity index is 1.88. The van der Waals surface area contributed by atoms with Gasteiger partial charge in [-0.3, -0.25) is 0 Å². The van der Waals surface area contributed by atoms with E-state index in [2.05, 4.69) is 16.4 Å². The van der Waals surface area contributed by atoms with E-state index in [1.54, 1.807) is 18.3 Å². The fraction of sp³-hybridized carbons (Fsp3) is 0.143. The number of pyridine rings is 1. The first kappa shape index (κ1) is 12.4. The van der Waals surface area contributed by atoms with Gasteiger partial charge in [0.15, 0.2) is 0 Å². The topological polar surface area (TPSA) is 48.7 Å². The number of aromatic nitrogens is 1. The molecular weight excluding hydrogens is 246 g/mol. The van der Waals surface area contributed by atoms with Crippen LogP contribution in [-0.4, -0.2) is 11.5 Å². The molecule has 0 amide bonds. The fourth-order valence-corrected chi connectivity index (χ4v) is 1.71. The third-order valence-corrected chi connectivity index (χ3v) is 2.77. The Bertz CT molecular complexity index is 558. The standard InChI is InChI=1S/C14H12ClN3/c15-13-3-1-11(2-4-13)5-7-17-14-9-12(10-16)6-8-18-14/h1-4,6,8-9H,5,7H2,(H,17,18). The highest BCUT2D eigenvalue weighted by atomic mass is 35.5. The van der Waals surface area contributed by atoms with Crippen LogP contribution in [0, 0.1) is 11.3 Å². The largest absolute Gasteiger partial charge is 0.370 e. The molecule has 0 aliphatic rings. The highest BCUT2D eigenvalue weighted by molar-refractivity contribution is 6.30. The van der Waals surface area contributed by atoms with E-state index in [-0.39, 0.29) is 0 Å². The van der Waals surface area contributed by atoms with Crippen LogP contribution in [0.4, 0.5) is 5.82 Å². The molecule has 0 spiro atoms. The first-order valence-electron chi connectivity index (χ1n) is 5.62. The van der Waals surface area contributed by atoms with Crippen LogP contribution in [0.2, 0.25) is 5.02 Å². The van der Waals surface area contributed by atoms with E-state index in [1.807, 2.05) is 24.3 Å². The molecule has 0 bridgehead atoms. The quantitative estimate of drug-likeness (QED) is 0.915. The molecule has 1 aromatic heterocycles. The van der Waals surface area contributed by atoms with Gasteiger partial charge in [-0.05, 0) is 36.2 Å². The summed E-state index contributed by atoms with van der Waals surface area (Å²) in [6.45, 7) is 0.767. The molecule has 0 saturated carbocycles. The number of nitrogens with one attached hydrogen (secondary N) is 1. The van der Waals surface area contributed by atoms with Gasteiger partial charge < -0.3 is 5.32 Å². The Hall–Kier alpha value is -2.05. The third kappa shape index (κ3) is 3.47. The minimum Gasteiger partial charge on any atom is -0.370 e. The number of anilines is 1. The molecule has 1 heterocycles. The second-order valence-corrected chi connectivity index (χ2v) is 4.28. The van der Waals surface area contributed by atoms with Gasteiger partial charge >= 0.3 is 0 Å². The lowest BCUT2D eigenvalue weighted by Gasteiger charge is -2.05. The van der Waals surface area contributed by atoms with Crippen LogP contribution in [-0.2, 0) is 6.42 Å². The van der Waals surface area contributed by atoms with Crippen molar-refractivity contribution < 1.29 is 0 Å². The maximum atomic E-state index is 8.77. The summed E-state index contributed by atoms with van der Waals surface area (Å²) in [4.78, 5) is 4.15. The van der Waals surface area contributed by atoms with Crippen LogP contribution in [0.3, 0.4) is 0 Å². The lowest BCUT2D eigenvalue weighted by molar-refractivity contribution is 1.01. The Labute approximate surface area is 111 Å². The van der Waals surface area contributed by atoms with Gasteiger partial charge in [-0.15, -0.1) is 0 Å². The molecule has 1 N–H and O–H groups in total. The van der Waals surface area contributed by atoms with Crippen molar-refractivity contribution in [3.63, 3.8) is 0 Å². The van der Waals surface area contributed by atoms with Gasteiger partial charge in [-0.25, -0.2) is 4.98 Å². The number of rotatable bonds is 4. The summed E-state index contributed by atoms with van der Waals surface area (Å²) in [5, 5.41) is 12.7. The maximum Gasteiger partial charge on any atom is 0.127 e. The van der Waals surface area contributed by atoms with Crippen molar-refractivity contribution in [3.05, 3.63) is 58.7 Å². The zero-order valence-corrected chi connectivity index (χ0v) is 10.5. The number of halogens is 1. The van der Waals surface area contributed by atoms with Gasteiger partial charge in [0.2, 0.25) is 0 Å². The van der Waals surface area contributed by atoms with Gasteiger partial charge in [0.1, 0.15) is 5.82 Å². The zero-order valence-electron chi connectivity index (χ0n) is 9.73. The molecule has 1 aromatic carbocycles. The first-order chi connectivity index (χ1) is 8.78. The first-order valence-corrected chi connectivity index (χ1v) is 6.00. The van der Waals surface area contributed by atoms with E-state index in [4.69, 9.17) is 16.9 Å². The van der Waals surface area contributed by atoms with Crippen molar-refractivity contribution >= 4 is 17.4 Å². The van der Waals surface area contributed by atoms with Crippen molar-refractivity contribution in [2.24, 2.45) is 0 Å². The van der Waals surface area contributed by atoms with Crippen molar-refractivity contribution in [2.45, 2.75) is 6.42 Å². The molecule has 0 aliphatic carbocycles. The molecule has 0 unspecified atom stereocenters. The van der Waals surface area contributed by atoms with Crippen molar-refractivity contribution in [1.29, 1.82) is 5.26 Å². The van der Waals surface area contributed by atoms with Crippen LogP contribution in [0.1, 0.15) is 11.1 Å². The summed E-state index contributed by atoms with van der Waals surface area (Å²) in [6, 6.07) is 13.3. The number of hydrogen-bond acceptors (Lipinski definition) is 3. The van der Waals surface area contributed by atoms with Crippen LogP contribution in [0.15, 0.2) is 42.6 Å². The summed E-state index contributed by atoms with van der Waals surface area (Å²) >= 11 is 5.82. The fourth-order valence-electron chi connectivity index (χ4n) is 1.58. The summed E-state index contributed by atoms with van der Waals surface area (Å²) < 4.78 is 0. The van der Waals surface area contributed by atoms with Gasteiger partial charge in [0.05, 0.1) is 11.6 Å². The third-order valence-electron chi connectivity index (χ3n) is 2.52. The lowest BCUT2D eigenvalue weighted by Crippen LogP contribution is -2.06. The Kier molecular flexibility index (Phi) is 4.16. The van der Waals surface area contributed by atoms with Gasteiger partial charge in [0.25, 0.3) is 0 Å². The smallest absolute Gasteiger partial charge is 0.127 e. The second kappa shape index (κ2) is 6.04. The summed E-state index contributed by atoms with van der Waals surface area (Å²) in [6.07, 6.45) is 2.51. The van der Waals surface area contributed by atoms with Crippen molar-refractivity contribution in [2.75, 3.05) is 11.9 Å². The summed E-state index contributed by atoms with van der Waals surface area (Å²) in [5.74, 6) is 0.725. The molecule has 3 nitrogen and oxygen atoms in total. The predicted octanol–water partition coefficient (Wildman–Crippen LogP) is 3.26. The predicted molar refractivity (Wildman–Crippen MR) is 72.6 cm³/mol. The number of nitriles is 1. The normalized spacial score (nSPS) is 9.78. The zero-order chi connectivity index (χ0) is 12.8. The van der Waals surface area contributed by atoms with Crippen molar-refractivity contribution in [1.82, 2.24) is 4.98 Å². The molecule has 0 saturated heterocycles. The summed E-state index contributed by atoms with van der Waals surface area (Å²) in [5.41, 5.74) is 1.82. The molecular formula is C14H12ClN3. The minimum atomic E-state index is 0.610. The van der Waals surface area contributed by atoms with Gasteiger partial charge in [-0.2, -0.15) is 5.26 Å². The lowest BCUT2D eigenvalue weighted by atomic mass is 10.1. The molecule has 2 rings (SSSR count). The highest BCUT2D eigenvalue weighted by Crippen LogP contribution is 2.10. The van der Waals surface area contributed by atoms with E-state index in [1.165, 1.54) is 5.56 Å². The van der Waals surface area contributed by atoms with Crippen molar-refractivity contribution in [3.8, 4) is 6.07 Å². The van der Waals surface area contributed by atoms with Crippen LogP contribution in [0.25, 0.3) is 0 Å². The number of nitrogens with zero attached hydrogens (tertiary/aromatic N) is 2. The monoisotopic (exact) mass is 257 g/mol. The van der Waals surface area contributed by atoms with Gasteiger partial charge in [0, 0.05) is 17.8 Å². The SMILES string of the molecule is N#Cc1ccnc(NCCc2ccc(Cl)cc2)c1. The van der Waals surface area contributed by atoms with Gasteiger partial charge in [-0.1, -0.05) is 23.7 Å². The Morgan fingerprint density at radius 2 is 2.00 bits per heavy atom. The maximum absolute atomic E-state index is 8.77. The molecule has 2 aromatic rings. The molecule has 18 heavy (non-hydrogen) atoms.